The quantitative estimate of drug-likeness (QED) is 0.592. The predicted octanol–water partition coefficient (Wildman–Crippen LogP) is 0.283. The Bertz CT molecular complexity index is 388. The summed E-state index contributed by atoms with van der Waals surface area (Å²) >= 11 is 1.32. The van der Waals surface area contributed by atoms with Crippen molar-refractivity contribution in [2.45, 2.75) is 31.5 Å². The van der Waals surface area contributed by atoms with Crippen molar-refractivity contribution in [3.63, 3.8) is 0 Å². The van der Waals surface area contributed by atoms with Gasteiger partial charge in [0, 0.05) is 13.7 Å². The molecule has 0 radical (unpaired) electrons. The van der Waals surface area contributed by atoms with Crippen LogP contribution in [0.3, 0.4) is 0 Å². The van der Waals surface area contributed by atoms with E-state index in [1.807, 2.05) is 20.8 Å². The molecule has 18 heavy (non-hydrogen) atoms. The van der Waals surface area contributed by atoms with Crippen molar-refractivity contribution in [1.82, 2.24) is 25.5 Å². The lowest BCUT2D eigenvalue weighted by Gasteiger charge is -2.19. The van der Waals surface area contributed by atoms with Gasteiger partial charge in [-0.3, -0.25) is 4.79 Å². The van der Waals surface area contributed by atoms with Gasteiger partial charge in [0.05, 0.1) is 17.9 Å². The first-order valence-electron chi connectivity index (χ1n) is 5.62. The third kappa shape index (κ3) is 4.61. The van der Waals surface area contributed by atoms with Crippen molar-refractivity contribution in [2.24, 2.45) is 0 Å². The maximum atomic E-state index is 11.5. The average Bonchev–Trinajstić information content (AvgIpc) is 2.74. The molecule has 8 heteroatoms. The summed E-state index contributed by atoms with van der Waals surface area (Å²) in [4.78, 5) is 11.5. The molecule has 1 aromatic heterocycles. The fourth-order valence-corrected chi connectivity index (χ4v) is 2.05. The number of nitrogens with zero attached hydrogens (tertiary/aromatic N) is 4. The zero-order valence-electron chi connectivity index (χ0n) is 11.1. The second-order valence-corrected chi connectivity index (χ2v) is 5.62. The summed E-state index contributed by atoms with van der Waals surface area (Å²) in [6.07, 6.45) is 0. The first-order valence-corrected chi connectivity index (χ1v) is 6.61. The van der Waals surface area contributed by atoms with Gasteiger partial charge in [0.2, 0.25) is 11.1 Å². The molecule has 0 spiro atoms. The molecule has 102 valence electrons. The van der Waals surface area contributed by atoms with Gasteiger partial charge in [0.25, 0.3) is 0 Å². The van der Waals surface area contributed by atoms with Gasteiger partial charge in [-0.05, 0) is 31.2 Å². The molecule has 0 saturated carbocycles. The van der Waals surface area contributed by atoms with Crippen LogP contribution in [0, 0.1) is 0 Å². The molecule has 1 amide bonds. The number of tetrazole rings is 1. The molecule has 0 aliphatic heterocycles. The van der Waals surface area contributed by atoms with E-state index in [0.29, 0.717) is 24.1 Å². The van der Waals surface area contributed by atoms with Gasteiger partial charge in [-0.1, -0.05) is 11.8 Å². The monoisotopic (exact) mass is 273 g/mol. The van der Waals surface area contributed by atoms with Crippen LogP contribution < -0.4 is 5.32 Å². The highest BCUT2D eigenvalue weighted by atomic mass is 32.2. The molecular formula is C10H19N5O2S. The Morgan fingerprint density at radius 2 is 2.22 bits per heavy atom. The Morgan fingerprint density at radius 1 is 1.50 bits per heavy atom. The summed E-state index contributed by atoms with van der Waals surface area (Å²) in [5, 5.41) is 14.9. The fraction of sp³-hybridized carbons (Fsp3) is 0.800. The third-order valence-electron chi connectivity index (χ3n) is 2.04. The fourth-order valence-electron chi connectivity index (χ4n) is 1.16. The second-order valence-electron chi connectivity index (χ2n) is 4.68. The largest absolute Gasteiger partial charge is 0.383 e. The lowest BCUT2D eigenvalue weighted by molar-refractivity contribution is -0.118. The van der Waals surface area contributed by atoms with E-state index in [2.05, 4.69) is 20.8 Å². The standard InChI is InChI=1S/C10H19N5O2S/c1-10(2,3)15-9(12-13-14-15)18-7-8(16)11-5-6-17-4/h5-7H2,1-4H3,(H,11,16). The van der Waals surface area contributed by atoms with Crippen molar-refractivity contribution in [3.05, 3.63) is 0 Å². The van der Waals surface area contributed by atoms with E-state index in [1.165, 1.54) is 11.8 Å². The minimum atomic E-state index is -0.196. The summed E-state index contributed by atoms with van der Waals surface area (Å²) < 4.78 is 6.56. The highest BCUT2D eigenvalue weighted by Crippen LogP contribution is 2.20. The van der Waals surface area contributed by atoms with Gasteiger partial charge in [0.1, 0.15) is 0 Å². The van der Waals surface area contributed by atoms with Crippen LogP contribution in [-0.2, 0) is 15.1 Å². The van der Waals surface area contributed by atoms with E-state index in [0.717, 1.165) is 0 Å². The van der Waals surface area contributed by atoms with Crippen LogP contribution in [-0.4, -0.2) is 52.1 Å². The molecule has 0 unspecified atom stereocenters. The van der Waals surface area contributed by atoms with Gasteiger partial charge < -0.3 is 10.1 Å². The van der Waals surface area contributed by atoms with Crippen molar-refractivity contribution >= 4 is 17.7 Å². The van der Waals surface area contributed by atoms with Gasteiger partial charge in [-0.2, -0.15) is 0 Å². The normalized spacial score (nSPS) is 11.6. The Morgan fingerprint density at radius 3 is 2.83 bits per heavy atom. The van der Waals surface area contributed by atoms with Gasteiger partial charge in [-0.25, -0.2) is 4.68 Å². The van der Waals surface area contributed by atoms with Crippen molar-refractivity contribution < 1.29 is 9.53 Å². The topological polar surface area (TPSA) is 81.9 Å². The number of carbonyl (C=O) groups excluding carboxylic acids is 1. The zero-order chi connectivity index (χ0) is 13.6. The van der Waals surface area contributed by atoms with Gasteiger partial charge >= 0.3 is 0 Å². The molecule has 1 rings (SSSR count). The summed E-state index contributed by atoms with van der Waals surface area (Å²) in [7, 11) is 1.60. The number of amides is 1. The predicted molar refractivity (Wildman–Crippen MR) is 68.4 cm³/mol. The summed E-state index contributed by atoms with van der Waals surface area (Å²) in [5.74, 6) is 0.237. The Balaban J connectivity index is 2.44. The van der Waals surface area contributed by atoms with E-state index >= 15 is 0 Å². The van der Waals surface area contributed by atoms with Crippen LogP contribution in [0.1, 0.15) is 20.8 Å². The highest BCUT2D eigenvalue weighted by Gasteiger charge is 2.20. The molecule has 7 nitrogen and oxygen atoms in total. The van der Waals surface area contributed by atoms with E-state index < -0.39 is 0 Å². The van der Waals surface area contributed by atoms with Crippen LogP contribution >= 0.6 is 11.8 Å². The summed E-state index contributed by atoms with van der Waals surface area (Å²) in [5.41, 5.74) is -0.196. The minimum Gasteiger partial charge on any atom is -0.383 e. The van der Waals surface area contributed by atoms with E-state index in [9.17, 15) is 4.79 Å². The summed E-state index contributed by atoms with van der Waals surface area (Å²) in [6.45, 7) is 7.04. The third-order valence-corrected chi connectivity index (χ3v) is 2.96. The van der Waals surface area contributed by atoms with Crippen LogP contribution in [0.15, 0.2) is 5.16 Å². The smallest absolute Gasteiger partial charge is 0.230 e. The number of hydrogen-bond acceptors (Lipinski definition) is 6. The molecule has 1 aromatic rings. The maximum Gasteiger partial charge on any atom is 0.230 e. The molecule has 0 fully saturated rings. The maximum absolute atomic E-state index is 11.5. The lowest BCUT2D eigenvalue weighted by Crippen LogP contribution is -2.29. The number of aromatic nitrogens is 4. The van der Waals surface area contributed by atoms with Crippen LogP contribution in [0.2, 0.25) is 0 Å². The summed E-state index contributed by atoms with van der Waals surface area (Å²) in [6, 6.07) is 0. The van der Waals surface area contributed by atoms with Gasteiger partial charge in [-0.15, -0.1) is 5.10 Å². The lowest BCUT2D eigenvalue weighted by atomic mass is 10.1. The number of carbonyl (C=O) groups is 1. The highest BCUT2D eigenvalue weighted by molar-refractivity contribution is 7.99. The molecule has 0 aromatic carbocycles. The molecule has 1 N–H and O–H groups in total. The Labute approximate surface area is 111 Å². The van der Waals surface area contributed by atoms with Crippen LogP contribution in [0.25, 0.3) is 0 Å². The molecule has 1 heterocycles. The van der Waals surface area contributed by atoms with E-state index in [4.69, 9.17) is 4.74 Å². The first kappa shape index (κ1) is 14.9. The molecule has 0 atom stereocenters. The van der Waals surface area contributed by atoms with Gasteiger partial charge in [0.15, 0.2) is 0 Å². The van der Waals surface area contributed by atoms with Crippen molar-refractivity contribution in [2.75, 3.05) is 26.0 Å². The number of thioether (sulfide) groups is 1. The van der Waals surface area contributed by atoms with E-state index in [-0.39, 0.29) is 11.4 Å². The van der Waals surface area contributed by atoms with Crippen molar-refractivity contribution in [1.29, 1.82) is 0 Å². The second kappa shape index (κ2) is 6.69. The minimum absolute atomic E-state index is 0.0551. The Kier molecular flexibility index (Phi) is 5.54. The average molecular weight is 273 g/mol. The SMILES string of the molecule is COCCNC(=O)CSc1nnnn1C(C)(C)C. The van der Waals surface area contributed by atoms with Crippen LogP contribution in [0.5, 0.6) is 0 Å². The number of ether oxygens (including phenoxy) is 1. The number of hydrogen-bond donors (Lipinski definition) is 1. The molecule has 0 saturated heterocycles. The van der Waals surface area contributed by atoms with E-state index in [1.54, 1.807) is 11.8 Å². The molecular weight excluding hydrogens is 254 g/mol. The molecule has 0 aliphatic rings. The Hall–Kier alpha value is -1.15. The molecule has 0 aliphatic carbocycles. The zero-order valence-corrected chi connectivity index (χ0v) is 12.0. The number of nitrogens with one attached hydrogen (secondary N) is 1. The first-order chi connectivity index (χ1) is 8.45. The van der Waals surface area contributed by atoms with Crippen LogP contribution in [0.4, 0.5) is 0 Å². The van der Waals surface area contributed by atoms with Crippen molar-refractivity contribution in [3.8, 4) is 0 Å². The molecule has 0 bridgehead atoms. The number of rotatable bonds is 6. The number of methoxy groups -OCH3 is 1.